The maximum atomic E-state index is 10.8. The van der Waals surface area contributed by atoms with E-state index in [0.717, 1.165) is 25.3 Å². The lowest BCUT2D eigenvalue weighted by molar-refractivity contribution is 0.122. The predicted molar refractivity (Wildman–Crippen MR) is 65.8 cm³/mol. The average molecular weight is 265 g/mol. The predicted octanol–water partition coefficient (Wildman–Crippen LogP) is 1.39. The summed E-state index contributed by atoms with van der Waals surface area (Å²) in [4.78, 5) is 10.8. The summed E-state index contributed by atoms with van der Waals surface area (Å²) in [5.74, 6) is 0. The number of ether oxygens (including phenoxy) is 1. The van der Waals surface area contributed by atoms with Crippen LogP contribution in [0.3, 0.4) is 0 Å². The molecule has 0 bridgehead atoms. The number of methoxy groups -OCH3 is 1. The van der Waals surface area contributed by atoms with Gasteiger partial charge >= 0.3 is 14.9 Å². The summed E-state index contributed by atoms with van der Waals surface area (Å²) in [5.41, 5.74) is 0. The van der Waals surface area contributed by atoms with E-state index in [4.69, 9.17) is 13.3 Å². The number of carbonyl (C=O) groups excluding carboxylic acids is 1. The van der Waals surface area contributed by atoms with Gasteiger partial charge in [-0.25, -0.2) is 4.79 Å². The second-order valence-electron chi connectivity index (χ2n) is 3.52. The van der Waals surface area contributed by atoms with Gasteiger partial charge in [-0.1, -0.05) is 6.42 Å². The molecule has 0 aromatic rings. The van der Waals surface area contributed by atoms with Crippen molar-refractivity contribution < 1.29 is 22.8 Å². The van der Waals surface area contributed by atoms with E-state index < -0.39 is 8.80 Å². The highest BCUT2D eigenvalue weighted by Gasteiger charge is 2.36. The second-order valence-corrected chi connectivity index (χ2v) is 6.62. The molecule has 0 aliphatic carbocycles. The van der Waals surface area contributed by atoms with Gasteiger partial charge in [-0.05, 0) is 12.8 Å². The first-order chi connectivity index (χ1) is 8.14. The number of rotatable bonds is 9. The zero-order valence-corrected chi connectivity index (χ0v) is 12.1. The Morgan fingerprint density at radius 3 is 2.06 bits per heavy atom. The molecule has 0 radical (unpaired) electrons. The molecule has 17 heavy (non-hydrogen) atoms. The number of amides is 1. The van der Waals surface area contributed by atoms with Gasteiger partial charge in [-0.2, -0.15) is 0 Å². The molecule has 0 aliphatic rings. The number of hydrogen-bond acceptors (Lipinski definition) is 5. The van der Waals surface area contributed by atoms with Crippen molar-refractivity contribution in [1.82, 2.24) is 5.32 Å². The van der Waals surface area contributed by atoms with Gasteiger partial charge in [0.15, 0.2) is 0 Å². The summed E-state index contributed by atoms with van der Waals surface area (Å²) in [6.07, 6.45) is 2.44. The third kappa shape index (κ3) is 6.62. The summed E-state index contributed by atoms with van der Waals surface area (Å²) >= 11 is 0. The molecule has 0 spiro atoms. The molecule has 0 unspecified atom stereocenters. The Hall–Kier alpha value is -0.633. The summed E-state index contributed by atoms with van der Waals surface area (Å²) in [6, 6.07) is 0.786. The van der Waals surface area contributed by atoms with E-state index in [0.29, 0.717) is 6.54 Å². The monoisotopic (exact) mass is 265 g/mol. The van der Waals surface area contributed by atoms with E-state index in [9.17, 15) is 4.79 Å². The summed E-state index contributed by atoms with van der Waals surface area (Å²) in [5, 5.41) is 2.63. The SMILES string of the molecule is COC(=O)NCCCCC[Si](OC)(OC)OC. The highest BCUT2D eigenvalue weighted by atomic mass is 28.4. The smallest absolute Gasteiger partial charge is 0.453 e. The molecule has 0 aromatic carbocycles. The van der Waals surface area contributed by atoms with E-state index in [1.807, 2.05) is 0 Å². The molecular formula is C10H23NO5Si. The average Bonchev–Trinajstić information content (AvgIpc) is 2.38. The zero-order valence-electron chi connectivity index (χ0n) is 11.1. The van der Waals surface area contributed by atoms with Crippen molar-refractivity contribution in [3.8, 4) is 0 Å². The molecule has 7 heteroatoms. The number of nitrogens with one attached hydrogen (secondary N) is 1. The van der Waals surface area contributed by atoms with Crippen molar-refractivity contribution in [2.75, 3.05) is 35.0 Å². The molecule has 0 saturated carbocycles. The third-order valence-electron chi connectivity index (χ3n) is 2.55. The minimum Gasteiger partial charge on any atom is -0.453 e. The Bertz CT molecular complexity index is 203. The Morgan fingerprint density at radius 2 is 1.59 bits per heavy atom. The number of alkyl carbamates (subject to hydrolysis) is 1. The largest absolute Gasteiger partial charge is 0.500 e. The van der Waals surface area contributed by atoms with Crippen LogP contribution in [0.15, 0.2) is 0 Å². The highest BCUT2D eigenvalue weighted by Crippen LogP contribution is 2.16. The van der Waals surface area contributed by atoms with Crippen molar-refractivity contribution in [3.05, 3.63) is 0 Å². The molecule has 0 saturated heterocycles. The van der Waals surface area contributed by atoms with Crippen LogP contribution >= 0.6 is 0 Å². The van der Waals surface area contributed by atoms with Gasteiger partial charge in [-0.3, -0.25) is 0 Å². The molecule has 0 fully saturated rings. The Balaban J connectivity index is 3.59. The van der Waals surface area contributed by atoms with E-state index >= 15 is 0 Å². The van der Waals surface area contributed by atoms with Gasteiger partial charge in [0, 0.05) is 33.9 Å². The van der Waals surface area contributed by atoms with Crippen LogP contribution in [0.1, 0.15) is 19.3 Å². The minimum absolute atomic E-state index is 0.389. The lowest BCUT2D eigenvalue weighted by Crippen LogP contribution is -2.42. The van der Waals surface area contributed by atoms with Crippen LogP contribution in [-0.2, 0) is 18.0 Å². The van der Waals surface area contributed by atoms with Crippen LogP contribution in [0.4, 0.5) is 4.79 Å². The topological polar surface area (TPSA) is 66.0 Å². The Labute approximate surface area is 104 Å². The first kappa shape index (κ1) is 16.4. The minimum atomic E-state index is -2.42. The molecule has 1 amide bonds. The van der Waals surface area contributed by atoms with Crippen molar-refractivity contribution >= 4 is 14.9 Å². The highest BCUT2D eigenvalue weighted by molar-refractivity contribution is 6.60. The van der Waals surface area contributed by atoms with Gasteiger partial charge in [-0.15, -0.1) is 0 Å². The molecule has 0 rings (SSSR count). The fourth-order valence-electron chi connectivity index (χ4n) is 1.46. The zero-order chi connectivity index (χ0) is 13.1. The van der Waals surface area contributed by atoms with Crippen LogP contribution in [0.25, 0.3) is 0 Å². The molecule has 0 aromatic heterocycles. The third-order valence-corrected chi connectivity index (χ3v) is 5.38. The van der Waals surface area contributed by atoms with Crippen LogP contribution in [0.5, 0.6) is 0 Å². The molecule has 0 atom stereocenters. The molecule has 6 nitrogen and oxygen atoms in total. The maximum Gasteiger partial charge on any atom is 0.500 e. The fraction of sp³-hybridized carbons (Fsp3) is 0.900. The van der Waals surface area contributed by atoms with Gasteiger partial charge < -0.3 is 23.3 Å². The Kier molecular flexibility index (Phi) is 9.05. The van der Waals surface area contributed by atoms with Gasteiger partial charge in [0.2, 0.25) is 0 Å². The van der Waals surface area contributed by atoms with Gasteiger partial charge in [0.1, 0.15) is 0 Å². The van der Waals surface area contributed by atoms with Crippen molar-refractivity contribution in [2.24, 2.45) is 0 Å². The molecule has 0 aliphatic heterocycles. The van der Waals surface area contributed by atoms with Gasteiger partial charge in [0.05, 0.1) is 7.11 Å². The van der Waals surface area contributed by atoms with E-state index in [-0.39, 0.29) is 6.09 Å². The molecule has 0 heterocycles. The van der Waals surface area contributed by atoms with Crippen LogP contribution in [0.2, 0.25) is 6.04 Å². The van der Waals surface area contributed by atoms with E-state index in [1.54, 1.807) is 21.3 Å². The first-order valence-corrected chi connectivity index (χ1v) is 7.54. The number of unbranched alkanes of at least 4 members (excludes halogenated alkanes) is 2. The van der Waals surface area contributed by atoms with Crippen molar-refractivity contribution in [1.29, 1.82) is 0 Å². The maximum absolute atomic E-state index is 10.8. The molecule has 102 valence electrons. The van der Waals surface area contributed by atoms with Crippen LogP contribution < -0.4 is 5.32 Å². The van der Waals surface area contributed by atoms with Crippen LogP contribution in [0, 0.1) is 0 Å². The summed E-state index contributed by atoms with van der Waals surface area (Å²) in [6.45, 7) is 0.619. The van der Waals surface area contributed by atoms with Crippen molar-refractivity contribution in [3.63, 3.8) is 0 Å². The number of carbonyl (C=O) groups is 1. The first-order valence-electron chi connectivity index (χ1n) is 5.61. The Morgan fingerprint density at radius 1 is 1.00 bits per heavy atom. The number of hydrogen-bond donors (Lipinski definition) is 1. The standard InChI is InChI=1S/C10H23NO5Si/c1-13-10(12)11-8-6-5-7-9-17(14-2,15-3)16-4/h5-9H2,1-4H3,(H,11,12). The molecule has 1 N–H and O–H groups in total. The van der Waals surface area contributed by atoms with Crippen molar-refractivity contribution in [2.45, 2.75) is 25.3 Å². The summed E-state index contributed by atoms with van der Waals surface area (Å²) < 4.78 is 20.4. The van der Waals surface area contributed by atoms with Crippen LogP contribution in [-0.4, -0.2) is 49.9 Å². The van der Waals surface area contributed by atoms with Gasteiger partial charge in [0.25, 0.3) is 0 Å². The summed E-state index contributed by atoms with van der Waals surface area (Å²) in [7, 11) is 3.76. The normalized spacial score (nSPS) is 11.3. The fourth-order valence-corrected chi connectivity index (χ4v) is 3.26. The second kappa shape index (κ2) is 9.40. The van der Waals surface area contributed by atoms with E-state index in [2.05, 4.69) is 10.1 Å². The lowest BCUT2D eigenvalue weighted by Gasteiger charge is -2.24. The molecular weight excluding hydrogens is 242 g/mol. The lowest BCUT2D eigenvalue weighted by atomic mass is 10.2. The van der Waals surface area contributed by atoms with E-state index in [1.165, 1.54) is 7.11 Å². The quantitative estimate of drug-likeness (QED) is 0.504.